The highest BCUT2D eigenvalue weighted by atomic mass is 32.1. The Morgan fingerprint density at radius 1 is 0.644 bits per heavy atom. The number of fused-ring (bicyclic) bond motifs is 8. The molecule has 0 saturated carbocycles. The molecule has 2 aliphatic carbocycles. The van der Waals surface area contributed by atoms with Crippen LogP contribution in [0.25, 0.3) is 20.4 Å². The maximum atomic E-state index is 12.9. The summed E-state index contributed by atoms with van der Waals surface area (Å²) in [5, 5.41) is 19.1. The summed E-state index contributed by atoms with van der Waals surface area (Å²) in [6, 6.07) is 10.3. The lowest BCUT2D eigenvalue weighted by Crippen LogP contribution is -2.42. The van der Waals surface area contributed by atoms with Crippen molar-refractivity contribution in [1.29, 1.82) is 0 Å². The van der Waals surface area contributed by atoms with Gasteiger partial charge < -0.3 is 40.2 Å². The molecule has 0 unspecified atom stereocenters. The number of anilines is 6. The minimum Gasteiger partial charge on any atom is -0.481 e. The number of nitrogens with one attached hydrogen (secondary N) is 2. The van der Waals surface area contributed by atoms with E-state index >= 15 is 0 Å². The second-order valence-electron chi connectivity index (χ2n) is 21.1. The maximum absolute atomic E-state index is 12.9. The minimum absolute atomic E-state index is 0.0533. The average Bonchev–Trinajstić information content (AvgIpc) is 4.23. The molecule has 18 heteroatoms. The Labute approximate surface area is 435 Å². The van der Waals surface area contributed by atoms with Gasteiger partial charge >= 0.3 is 5.97 Å². The molecule has 1 amide bonds. The molecule has 2 fully saturated rings. The molecule has 2 atom stereocenters. The summed E-state index contributed by atoms with van der Waals surface area (Å²) < 4.78 is 0. The first-order valence-corrected chi connectivity index (χ1v) is 27.7. The van der Waals surface area contributed by atoms with Crippen LogP contribution < -0.4 is 20.4 Å². The number of hydrogen-bond donors (Lipinski definition) is 3. The molecule has 6 aromatic rings. The van der Waals surface area contributed by atoms with E-state index in [-0.39, 0.29) is 17.7 Å². The topological polar surface area (TPSA) is 171 Å². The molecule has 73 heavy (non-hydrogen) atoms. The van der Waals surface area contributed by atoms with E-state index in [1.165, 1.54) is 44.1 Å². The van der Waals surface area contributed by atoms with Gasteiger partial charge in [-0.1, -0.05) is 0 Å². The Hall–Kier alpha value is -6.08. The highest BCUT2D eigenvalue weighted by molar-refractivity contribution is 7.19. The number of carboxylic acids is 1. The first-order chi connectivity index (χ1) is 35.4. The van der Waals surface area contributed by atoms with Crippen molar-refractivity contribution in [3.63, 3.8) is 0 Å². The Balaban J connectivity index is 0.000000158. The second-order valence-corrected chi connectivity index (χ2v) is 23.2. The summed E-state index contributed by atoms with van der Waals surface area (Å²) >= 11 is 3.33. The minimum atomic E-state index is -0.708. The molecule has 3 N–H and O–H groups in total. The van der Waals surface area contributed by atoms with Gasteiger partial charge in [0.1, 0.15) is 34.0 Å². The lowest BCUT2D eigenvalue weighted by Gasteiger charge is -2.37. The third-order valence-corrected chi connectivity index (χ3v) is 18.6. The van der Waals surface area contributed by atoms with Gasteiger partial charge in [-0.15, -0.1) is 22.7 Å². The van der Waals surface area contributed by atoms with Gasteiger partial charge in [-0.05, 0) is 157 Å². The Morgan fingerprint density at radius 3 is 1.53 bits per heavy atom. The largest absolute Gasteiger partial charge is 0.481 e. The van der Waals surface area contributed by atoms with Crippen LogP contribution in [0.1, 0.15) is 88.6 Å². The van der Waals surface area contributed by atoms with Crippen molar-refractivity contribution >= 4 is 102 Å². The van der Waals surface area contributed by atoms with Crippen LogP contribution >= 0.6 is 22.7 Å². The SMILES string of the molecule is CCN(C)C(=O)[C@H]1CCc2c(sc3ncnc(Nc4cc5c(cc4N4CCC(N(C)C)CC4)CN=C5)c23)C1.CN(C)C1CCN(c2cc3c(cc2Nc2ncnc4sc5c(c24)CC[C@H](C(=O)O)C5)C=NC3)CC1. The molecule has 382 valence electrons. The normalized spacial score (nSPS) is 19.5. The van der Waals surface area contributed by atoms with E-state index in [2.05, 4.69) is 108 Å². The summed E-state index contributed by atoms with van der Waals surface area (Å²) in [5.41, 5.74) is 12.0. The maximum Gasteiger partial charge on any atom is 0.306 e. The number of aromatic nitrogens is 4. The van der Waals surface area contributed by atoms with Gasteiger partial charge in [-0.25, -0.2) is 19.9 Å². The number of amides is 1. The number of carbonyl (C=O) groups excluding carboxylic acids is 1. The van der Waals surface area contributed by atoms with Gasteiger partial charge in [0.25, 0.3) is 0 Å². The summed E-state index contributed by atoms with van der Waals surface area (Å²) in [6.07, 6.45) is 16.3. The van der Waals surface area contributed by atoms with Gasteiger partial charge in [-0.3, -0.25) is 19.6 Å². The number of carboxylic acid groups (broad SMARTS) is 1. The monoisotopic (exact) mass is 1020 g/mol. The van der Waals surface area contributed by atoms with Crippen molar-refractivity contribution < 1.29 is 14.7 Å². The van der Waals surface area contributed by atoms with Crippen molar-refractivity contribution in [2.24, 2.45) is 21.8 Å². The number of aliphatic imine (C=N–C) groups is 2. The molecule has 0 bridgehead atoms. The van der Waals surface area contributed by atoms with Crippen LogP contribution in [0, 0.1) is 11.8 Å². The number of aryl methyl sites for hydroxylation is 2. The van der Waals surface area contributed by atoms with Crippen LogP contribution in [0.2, 0.25) is 0 Å². The van der Waals surface area contributed by atoms with Crippen molar-refractivity contribution in [2.45, 2.75) is 96.3 Å². The van der Waals surface area contributed by atoms with Crippen LogP contribution in [0.3, 0.4) is 0 Å². The molecule has 12 rings (SSSR count). The first kappa shape index (κ1) is 49.1. The zero-order chi connectivity index (χ0) is 50.5. The third kappa shape index (κ3) is 9.78. The molecular weight excluding hydrogens is 955 g/mol. The number of hydrogen-bond acceptors (Lipinski definition) is 16. The van der Waals surface area contributed by atoms with E-state index in [1.54, 1.807) is 35.3 Å². The molecule has 8 heterocycles. The number of benzene rings is 2. The fraction of sp³-hybridized carbons (Fsp3) is 0.491. The molecule has 6 aliphatic rings. The average molecular weight is 1020 g/mol. The van der Waals surface area contributed by atoms with Crippen molar-refractivity contribution in [3.8, 4) is 0 Å². The molecule has 16 nitrogen and oxygen atoms in total. The number of piperidine rings is 2. The van der Waals surface area contributed by atoms with Crippen molar-refractivity contribution in [1.82, 2.24) is 34.6 Å². The van der Waals surface area contributed by atoms with Gasteiger partial charge in [-0.2, -0.15) is 0 Å². The van der Waals surface area contributed by atoms with E-state index < -0.39 is 5.97 Å². The van der Waals surface area contributed by atoms with Gasteiger partial charge in [0.2, 0.25) is 5.91 Å². The molecule has 4 aliphatic heterocycles. The highest BCUT2D eigenvalue weighted by Gasteiger charge is 2.33. The predicted molar refractivity (Wildman–Crippen MR) is 297 cm³/mol. The molecular formula is C55H67N13O3S2. The number of nitrogens with zero attached hydrogens (tertiary/aromatic N) is 11. The second kappa shape index (κ2) is 20.7. The fourth-order valence-corrected chi connectivity index (χ4v) is 14.4. The molecule has 4 aromatic heterocycles. The van der Waals surface area contributed by atoms with E-state index in [0.717, 1.165) is 151 Å². The van der Waals surface area contributed by atoms with Gasteiger partial charge in [0.05, 0.1) is 52.5 Å². The Kier molecular flexibility index (Phi) is 13.9. The van der Waals surface area contributed by atoms with Gasteiger partial charge in [0, 0.05) is 80.0 Å². The lowest BCUT2D eigenvalue weighted by molar-refractivity contribution is -0.142. The zero-order valence-electron chi connectivity index (χ0n) is 42.9. The van der Waals surface area contributed by atoms with E-state index in [9.17, 15) is 14.7 Å². The number of carbonyl (C=O) groups is 2. The van der Waals surface area contributed by atoms with Crippen LogP contribution in [0.15, 0.2) is 46.9 Å². The third-order valence-electron chi connectivity index (χ3n) is 16.3. The molecule has 0 spiro atoms. The van der Waals surface area contributed by atoms with Gasteiger partial charge in [0.15, 0.2) is 0 Å². The standard InChI is InChI=1S/C29H37N7OS.C26H30N6O2S/c1-5-35(4)29(37)18-6-7-22-25(14-18)38-28-26(22)27(31-17-32-28)33-23-12-19-15-30-16-20(19)13-24(23)36-10-8-21(9-11-36)34(2)3;1-31(2)18-5-7-32(8-6-18)21-10-17-13-27-12-16(17)9-20(21)30-24-23-19-4-3-15(26(33)34)11-22(19)35-25(23)29-14-28-24/h12-13,15,17-18,21H,5-11,14,16H2,1-4H3,(H,31,32,33);9-10,12,14-15,18H,3-8,11,13H2,1-2H3,(H,33,34)(H,28,29,30)/t18-;15-/m00/s1. The lowest BCUT2D eigenvalue weighted by atomic mass is 9.87. The quantitative estimate of drug-likeness (QED) is 0.113. The number of thiophene rings is 2. The summed E-state index contributed by atoms with van der Waals surface area (Å²) in [5.74, 6) is 0.954. The first-order valence-electron chi connectivity index (χ1n) is 26.1. The number of rotatable bonds is 11. The summed E-state index contributed by atoms with van der Waals surface area (Å²) in [6.45, 7) is 8.35. The Morgan fingerprint density at radius 2 is 1.10 bits per heavy atom. The van der Waals surface area contributed by atoms with Crippen molar-refractivity contribution in [3.05, 3.63) is 80.1 Å². The van der Waals surface area contributed by atoms with E-state index in [4.69, 9.17) is 4.98 Å². The number of aliphatic carboxylic acids is 1. The highest BCUT2D eigenvalue weighted by Crippen LogP contribution is 2.45. The summed E-state index contributed by atoms with van der Waals surface area (Å²) in [4.78, 5) is 67.9. The molecule has 2 aromatic carbocycles. The van der Waals surface area contributed by atoms with E-state index in [0.29, 0.717) is 24.9 Å². The smallest absolute Gasteiger partial charge is 0.306 e. The zero-order valence-corrected chi connectivity index (χ0v) is 44.6. The predicted octanol–water partition coefficient (Wildman–Crippen LogP) is 8.57. The van der Waals surface area contributed by atoms with Crippen molar-refractivity contribution in [2.75, 3.05) is 88.4 Å². The van der Waals surface area contributed by atoms with Crippen LogP contribution in [-0.2, 0) is 48.4 Å². The van der Waals surface area contributed by atoms with E-state index in [1.807, 2.05) is 31.3 Å². The van der Waals surface area contributed by atoms with Crippen LogP contribution in [0.5, 0.6) is 0 Å². The molecule has 2 saturated heterocycles. The summed E-state index contributed by atoms with van der Waals surface area (Å²) in [7, 11) is 10.6. The van der Waals surface area contributed by atoms with Crippen LogP contribution in [-0.4, -0.2) is 144 Å². The molecule has 0 radical (unpaired) electrons. The fourth-order valence-electron chi connectivity index (χ4n) is 11.8. The Bertz CT molecular complexity index is 3130. The van der Waals surface area contributed by atoms with Crippen LogP contribution in [0.4, 0.5) is 34.4 Å².